The van der Waals surface area contributed by atoms with Gasteiger partial charge in [0, 0.05) is 13.3 Å². The van der Waals surface area contributed by atoms with E-state index in [-0.39, 0.29) is 14.0 Å². The van der Waals surface area contributed by atoms with Crippen LogP contribution in [0.4, 0.5) is 4.79 Å². The van der Waals surface area contributed by atoms with Gasteiger partial charge in [0.2, 0.25) is 0 Å². The van der Waals surface area contributed by atoms with E-state index < -0.39 is 5.60 Å². The van der Waals surface area contributed by atoms with Crippen LogP contribution in [-0.4, -0.2) is 42.9 Å². The van der Waals surface area contributed by atoms with Crippen molar-refractivity contribution in [3.8, 4) is 0 Å². The first-order chi connectivity index (χ1) is 7.29. The fraction of sp³-hybridized carbons (Fsp3) is 0.636. The smallest absolute Gasteiger partial charge is 0.410 e. The van der Waals surface area contributed by atoms with Crippen molar-refractivity contribution < 1.29 is 14.3 Å². The van der Waals surface area contributed by atoms with Gasteiger partial charge in [-0.3, -0.25) is 0 Å². The van der Waals surface area contributed by atoms with Crippen LogP contribution in [0.25, 0.3) is 0 Å². The molecule has 0 saturated carbocycles. The maximum Gasteiger partial charge on any atom is 0.410 e. The summed E-state index contributed by atoms with van der Waals surface area (Å²) in [6.45, 7) is 11.5. The molecule has 1 rings (SSSR count). The molecule has 0 N–H and O–H groups in total. The molecule has 1 saturated heterocycles. The number of ether oxygens (including phenoxy) is 1. The average Bonchev–Trinajstić information content (AvgIpc) is 2.82. The predicted octanol–water partition coefficient (Wildman–Crippen LogP) is 2.64. The zero-order chi connectivity index (χ0) is 12.9. The Morgan fingerprint density at radius 2 is 1.94 bits per heavy atom. The number of allylic oxidation sites excluding steroid dienone is 1. The van der Waals surface area contributed by atoms with Crippen molar-refractivity contribution in [2.24, 2.45) is 0 Å². The van der Waals surface area contributed by atoms with Crippen molar-refractivity contribution in [2.45, 2.75) is 26.4 Å². The molecule has 1 heterocycles. The van der Waals surface area contributed by atoms with Crippen molar-refractivity contribution in [2.75, 3.05) is 19.5 Å². The Kier molecular flexibility index (Phi) is 5.66. The largest absolute Gasteiger partial charge is 0.444 e. The van der Waals surface area contributed by atoms with E-state index in [9.17, 15) is 4.79 Å². The van der Waals surface area contributed by atoms with Crippen LogP contribution in [0.3, 0.4) is 0 Å². The highest BCUT2D eigenvalue weighted by Gasteiger charge is 2.30. The standard InChI is InChI=1S/C10H18NO2P.CH2O/c1-8-6-14(8)7-11(5)9(12)13-10(2,3)4;1-2/h1,6-7H2,2-5H3;1H2. The molecule has 1 amide bonds. The minimum Gasteiger partial charge on any atom is -0.444 e. The Morgan fingerprint density at radius 1 is 1.50 bits per heavy atom. The van der Waals surface area contributed by atoms with E-state index in [0.717, 1.165) is 12.4 Å². The summed E-state index contributed by atoms with van der Waals surface area (Å²) in [5.74, 6) is 0. The molecule has 0 radical (unpaired) electrons. The van der Waals surface area contributed by atoms with E-state index in [2.05, 4.69) is 6.58 Å². The normalized spacial score (nSPS) is 18.2. The highest BCUT2D eigenvalue weighted by molar-refractivity contribution is 7.71. The Morgan fingerprint density at radius 3 is 2.25 bits per heavy atom. The number of nitrogens with zero attached hydrogens (tertiary/aromatic N) is 1. The van der Waals surface area contributed by atoms with Crippen LogP contribution < -0.4 is 0 Å². The van der Waals surface area contributed by atoms with E-state index in [1.54, 1.807) is 11.9 Å². The van der Waals surface area contributed by atoms with E-state index in [0.29, 0.717) is 0 Å². The van der Waals surface area contributed by atoms with Gasteiger partial charge in [-0.15, -0.1) is 0 Å². The Hall–Kier alpha value is -0.890. The third kappa shape index (κ3) is 5.86. The third-order valence-corrected chi connectivity index (χ3v) is 4.01. The quantitative estimate of drug-likeness (QED) is 0.702. The molecule has 1 unspecified atom stereocenters. The predicted molar refractivity (Wildman–Crippen MR) is 66.9 cm³/mol. The minimum atomic E-state index is -0.404. The van der Waals surface area contributed by atoms with Gasteiger partial charge < -0.3 is 14.4 Å². The number of rotatable bonds is 2. The van der Waals surface area contributed by atoms with Gasteiger partial charge in [0.25, 0.3) is 0 Å². The first-order valence-corrected chi connectivity index (χ1v) is 6.66. The zero-order valence-corrected chi connectivity index (χ0v) is 11.3. The number of hydrogen-bond acceptors (Lipinski definition) is 3. The fourth-order valence-corrected chi connectivity index (χ4v) is 2.59. The molecule has 4 nitrogen and oxygen atoms in total. The Labute approximate surface area is 98.4 Å². The van der Waals surface area contributed by atoms with Crippen molar-refractivity contribution in [1.82, 2.24) is 4.90 Å². The summed E-state index contributed by atoms with van der Waals surface area (Å²) in [5, 5.41) is 1.30. The summed E-state index contributed by atoms with van der Waals surface area (Å²) in [5.41, 5.74) is -0.404. The first-order valence-electron chi connectivity index (χ1n) is 4.95. The number of carbonyl (C=O) groups is 2. The number of carbonyl (C=O) groups excluding carboxylic acids is 2. The molecular formula is C11H20NO3P. The molecular weight excluding hydrogens is 225 g/mol. The van der Waals surface area contributed by atoms with Gasteiger partial charge in [-0.1, -0.05) is 14.5 Å². The van der Waals surface area contributed by atoms with E-state index in [1.807, 2.05) is 27.6 Å². The summed E-state index contributed by atoms with van der Waals surface area (Å²) in [7, 11) is 1.69. The molecule has 1 aliphatic heterocycles. The van der Waals surface area contributed by atoms with Crippen LogP contribution in [0.15, 0.2) is 11.9 Å². The van der Waals surface area contributed by atoms with Gasteiger partial charge in [0.05, 0.1) is 0 Å². The summed E-state index contributed by atoms with van der Waals surface area (Å²) < 4.78 is 5.23. The molecule has 1 aliphatic rings. The van der Waals surface area contributed by atoms with Crippen LogP contribution in [0.1, 0.15) is 20.8 Å². The molecule has 0 bridgehead atoms. The van der Waals surface area contributed by atoms with Crippen LogP contribution in [0, 0.1) is 0 Å². The molecule has 0 aromatic rings. The van der Waals surface area contributed by atoms with Gasteiger partial charge in [-0.2, -0.15) is 0 Å². The summed E-state index contributed by atoms with van der Waals surface area (Å²) in [6.07, 6.45) is 1.67. The van der Waals surface area contributed by atoms with Gasteiger partial charge >= 0.3 is 6.09 Å². The molecule has 5 heteroatoms. The molecule has 1 atom stereocenters. The second kappa shape index (κ2) is 6.00. The topological polar surface area (TPSA) is 46.6 Å². The van der Waals surface area contributed by atoms with Gasteiger partial charge in [0.15, 0.2) is 0 Å². The van der Waals surface area contributed by atoms with Gasteiger partial charge in [-0.05, 0) is 32.2 Å². The van der Waals surface area contributed by atoms with Crippen molar-refractivity contribution in [3.05, 3.63) is 11.9 Å². The molecule has 0 aromatic heterocycles. The molecule has 1 fully saturated rings. The Balaban J connectivity index is 0.00000106. The second-order valence-corrected chi connectivity index (χ2v) is 6.90. The van der Waals surface area contributed by atoms with Crippen molar-refractivity contribution in [3.63, 3.8) is 0 Å². The van der Waals surface area contributed by atoms with Gasteiger partial charge in [0.1, 0.15) is 12.4 Å². The van der Waals surface area contributed by atoms with Crippen LogP contribution in [-0.2, 0) is 9.53 Å². The monoisotopic (exact) mass is 245 g/mol. The lowest BCUT2D eigenvalue weighted by molar-refractivity contribution is -0.0980. The van der Waals surface area contributed by atoms with Crippen molar-refractivity contribution in [1.29, 1.82) is 0 Å². The Bertz CT molecular complexity index is 273. The third-order valence-electron chi connectivity index (χ3n) is 1.81. The highest BCUT2D eigenvalue weighted by atomic mass is 31.1. The maximum atomic E-state index is 11.5. The van der Waals surface area contributed by atoms with Crippen LogP contribution in [0.5, 0.6) is 0 Å². The average molecular weight is 245 g/mol. The van der Waals surface area contributed by atoms with E-state index in [1.165, 1.54) is 5.31 Å². The van der Waals surface area contributed by atoms with E-state index in [4.69, 9.17) is 9.53 Å². The van der Waals surface area contributed by atoms with Gasteiger partial charge in [-0.25, -0.2) is 4.79 Å². The zero-order valence-electron chi connectivity index (χ0n) is 10.4. The van der Waals surface area contributed by atoms with Crippen LogP contribution in [0.2, 0.25) is 0 Å². The molecule has 92 valence electrons. The molecule has 0 aliphatic carbocycles. The van der Waals surface area contributed by atoms with Crippen LogP contribution >= 0.6 is 7.92 Å². The summed E-state index contributed by atoms with van der Waals surface area (Å²) in [4.78, 5) is 21.2. The lowest BCUT2D eigenvalue weighted by atomic mass is 10.2. The molecule has 0 spiro atoms. The summed E-state index contributed by atoms with van der Waals surface area (Å²) in [6, 6.07) is 0. The number of amides is 1. The molecule has 0 aromatic carbocycles. The SMILES string of the molecule is C=C1CP1CN(C)C(=O)OC(C)(C)C.C=O. The lowest BCUT2D eigenvalue weighted by Crippen LogP contribution is -2.33. The first kappa shape index (κ1) is 15.1. The fourth-order valence-electron chi connectivity index (χ4n) is 0.989. The second-order valence-electron chi connectivity index (χ2n) is 4.58. The maximum absolute atomic E-state index is 11.5. The summed E-state index contributed by atoms with van der Waals surface area (Å²) >= 11 is 0. The van der Waals surface area contributed by atoms with Crippen molar-refractivity contribution >= 4 is 20.8 Å². The lowest BCUT2D eigenvalue weighted by Gasteiger charge is -2.24. The number of hydrogen-bond donors (Lipinski definition) is 0. The highest BCUT2D eigenvalue weighted by Crippen LogP contribution is 2.61. The van der Waals surface area contributed by atoms with E-state index >= 15 is 0 Å². The molecule has 16 heavy (non-hydrogen) atoms. The minimum absolute atomic E-state index is 0.0945.